The average molecular weight is 237 g/mol. The van der Waals surface area contributed by atoms with Crippen LogP contribution in [0.4, 0.5) is 0 Å². The average Bonchev–Trinajstić information content (AvgIpc) is 2.96. The van der Waals surface area contributed by atoms with Gasteiger partial charge in [0.25, 0.3) is 0 Å². The van der Waals surface area contributed by atoms with E-state index in [9.17, 15) is 4.79 Å². The van der Waals surface area contributed by atoms with Gasteiger partial charge < -0.3 is 14.8 Å². The Morgan fingerprint density at radius 3 is 2.94 bits per heavy atom. The highest BCUT2D eigenvalue weighted by atomic mass is 16.4. The third kappa shape index (κ3) is 2.88. The molecule has 4 nitrogen and oxygen atoms in total. The zero-order chi connectivity index (χ0) is 12.3. The van der Waals surface area contributed by atoms with Crippen LogP contribution in [-0.4, -0.2) is 17.1 Å². The molecule has 0 unspecified atom stereocenters. The summed E-state index contributed by atoms with van der Waals surface area (Å²) in [6.45, 7) is 2.66. The van der Waals surface area contributed by atoms with Gasteiger partial charge in [0, 0.05) is 6.04 Å². The van der Waals surface area contributed by atoms with Gasteiger partial charge in [0.1, 0.15) is 11.3 Å². The molecular weight excluding hydrogens is 218 g/mol. The predicted molar refractivity (Wildman–Crippen MR) is 63.9 cm³/mol. The number of carbonyl (C=O) groups is 1. The summed E-state index contributed by atoms with van der Waals surface area (Å²) in [7, 11) is 0. The minimum Gasteiger partial charge on any atom is -0.478 e. The van der Waals surface area contributed by atoms with Crippen molar-refractivity contribution in [3.05, 3.63) is 23.7 Å². The highest BCUT2D eigenvalue weighted by molar-refractivity contribution is 5.88. The summed E-state index contributed by atoms with van der Waals surface area (Å²) in [5.74, 6) is 0.310. The molecule has 1 aromatic heterocycles. The normalized spacial score (nSPS) is 18.4. The molecule has 94 valence electrons. The Morgan fingerprint density at radius 1 is 1.59 bits per heavy atom. The number of rotatable bonds is 5. The van der Waals surface area contributed by atoms with Gasteiger partial charge in [-0.1, -0.05) is 12.8 Å². The Labute approximate surface area is 101 Å². The molecule has 0 bridgehead atoms. The van der Waals surface area contributed by atoms with E-state index in [-0.39, 0.29) is 5.56 Å². The van der Waals surface area contributed by atoms with Crippen molar-refractivity contribution in [2.75, 3.05) is 0 Å². The van der Waals surface area contributed by atoms with Gasteiger partial charge in [-0.25, -0.2) is 4.79 Å². The molecule has 0 spiro atoms. The number of hydrogen-bond acceptors (Lipinski definition) is 3. The number of aromatic carboxylic acids is 1. The highest BCUT2D eigenvalue weighted by Gasteiger charge is 2.22. The smallest absolute Gasteiger partial charge is 0.339 e. The zero-order valence-electron chi connectivity index (χ0n) is 10.1. The maximum Gasteiger partial charge on any atom is 0.339 e. The lowest BCUT2D eigenvalue weighted by atomic mass is 10.00. The van der Waals surface area contributed by atoms with Crippen LogP contribution in [0.15, 0.2) is 16.7 Å². The Balaban J connectivity index is 1.88. The molecule has 2 N–H and O–H groups in total. The minimum absolute atomic E-state index is 0.260. The summed E-state index contributed by atoms with van der Waals surface area (Å²) >= 11 is 0. The van der Waals surface area contributed by atoms with Crippen molar-refractivity contribution in [3.8, 4) is 0 Å². The van der Waals surface area contributed by atoms with Gasteiger partial charge in [0.2, 0.25) is 0 Å². The van der Waals surface area contributed by atoms with Gasteiger partial charge in [-0.05, 0) is 31.7 Å². The van der Waals surface area contributed by atoms with Crippen molar-refractivity contribution in [1.29, 1.82) is 0 Å². The SMILES string of the molecule is C[C@@H](NCc1occc1C(=O)O)C1CCCC1. The molecular formula is C13H19NO3. The summed E-state index contributed by atoms with van der Waals surface area (Å²) in [6.07, 6.45) is 6.62. The van der Waals surface area contributed by atoms with E-state index in [1.807, 2.05) is 0 Å². The van der Waals surface area contributed by atoms with Gasteiger partial charge in [0.05, 0.1) is 12.8 Å². The van der Waals surface area contributed by atoms with Crippen LogP contribution in [0.2, 0.25) is 0 Å². The van der Waals surface area contributed by atoms with E-state index in [0.717, 1.165) is 5.92 Å². The van der Waals surface area contributed by atoms with Crippen LogP contribution in [0.5, 0.6) is 0 Å². The molecule has 1 aliphatic carbocycles. The van der Waals surface area contributed by atoms with E-state index in [1.54, 1.807) is 0 Å². The van der Waals surface area contributed by atoms with E-state index in [0.29, 0.717) is 18.3 Å². The van der Waals surface area contributed by atoms with E-state index >= 15 is 0 Å². The number of hydrogen-bond donors (Lipinski definition) is 2. The molecule has 1 aliphatic rings. The summed E-state index contributed by atoms with van der Waals surface area (Å²) in [5.41, 5.74) is 0.260. The topological polar surface area (TPSA) is 62.5 Å². The molecule has 1 fully saturated rings. The molecule has 1 heterocycles. The lowest BCUT2D eigenvalue weighted by molar-refractivity contribution is 0.0694. The van der Waals surface area contributed by atoms with Crippen LogP contribution in [0.1, 0.15) is 48.7 Å². The Morgan fingerprint density at radius 2 is 2.29 bits per heavy atom. The zero-order valence-corrected chi connectivity index (χ0v) is 10.1. The van der Waals surface area contributed by atoms with Gasteiger partial charge >= 0.3 is 5.97 Å². The predicted octanol–water partition coefficient (Wildman–Crippen LogP) is 2.65. The molecule has 0 amide bonds. The summed E-state index contributed by atoms with van der Waals surface area (Å²) in [6, 6.07) is 1.92. The monoisotopic (exact) mass is 237 g/mol. The van der Waals surface area contributed by atoms with Crippen molar-refractivity contribution >= 4 is 5.97 Å². The Kier molecular flexibility index (Phi) is 3.84. The molecule has 0 aliphatic heterocycles. The fourth-order valence-electron chi connectivity index (χ4n) is 2.55. The quantitative estimate of drug-likeness (QED) is 0.826. The molecule has 17 heavy (non-hydrogen) atoms. The maximum atomic E-state index is 10.9. The second-order valence-electron chi connectivity index (χ2n) is 4.78. The molecule has 1 aromatic rings. The first-order valence-electron chi connectivity index (χ1n) is 6.21. The molecule has 1 saturated carbocycles. The summed E-state index contributed by atoms with van der Waals surface area (Å²) < 4.78 is 5.20. The van der Waals surface area contributed by atoms with Crippen LogP contribution in [0.25, 0.3) is 0 Å². The third-order valence-electron chi connectivity index (χ3n) is 3.67. The van der Waals surface area contributed by atoms with Crippen molar-refractivity contribution in [1.82, 2.24) is 5.32 Å². The number of furan rings is 1. The lowest BCUT2D eigenvalue weighted by Gasteiger charge is -2.19. The fraction of sp³-hybridized carbons (Fsp3) is 0.615. The largest absolute Gasteiger partial charge is 0.478 e. The van der Waals surface area contributed by atoms with E-state index in [4.69, 9.17) is 9.52 Å². The van der Waals surface area contributed by atoms with Crippen molar-refractivity contribution in [2.45, 2.75) is 45.2 Å². The summed E-state index contributed by atoms with van der Waals surface area (Å²) in [5, 5.41) is 12.3. The highest BCUT2D eigenvalue weighted by Crippen LogP contribution is 2.27. The van der Waals surface area contributed by atoms with Crippen LogP contribution < -0.4 is 5.32 Å². The fourth-order valence-corrected chi connectivity index (χ4v) is 2.55. The van der Waals surface area contributed by atoms with Crippen LogP contribution in [-0.2, 0) is 6.54 Å². The Hall–Kier alpha value is -1.29. The van der Waals surface area contributed by atoms with Crippen molar-refractivity contribution in [2.24, 2.45) is 5.92 Å². The van der Waals surface area contributed by atoms with Crippen LogP contribution in [0, 0.1) is 5.92 Å². The van der Waals surface area contributed by atoms with Crippen molar-refractivity contribution < 1.29 is 14.3 Å². The van der Waals surface area contributed by atoms with Crippen LogP contribution in [0.3, 0.4) is 0 Å². The first-order valence-corrected chi connectivity index (χ1v) is 6.21. The second-order valence-corrected chi connectivity index (χ2v) is 4.78. The lowest BCUT2D eigenvalue weighted by Crippen LogP contribution is -2.32. The first kappa shape index (κ1) is 12.2. The maximum absolute atomic E-state index is 10.9. The molecule has 1 atom stereocenters. The second kappa shape index (κ2) is 5.36. The van der Waals surface area contributed by atoms with Gasteiger partial charge in [-0.2, -0.15) is 0 Å². The number of nitrogens with one attached hydrogen (secondary N) is 1. The number of carboxylic acid groups (broad SMARTS) is 1. The van der Waals surface area contributed by atoms with E-state index in [1.165, 1.54) is 38.0 Å². The van der Waals surface area contributed by atoms with Gasteiger partial charge in [0.15, 0.2) is 0 Å². The van der Waals surface area contributed by atoms with E-state index < -0.39 is 5.97 Å². The summed E-state index contributed by atoms with van der Waals surface area (Å²) in [4.78, 5) is 10.9. The molecule has 0 radical (unpaired) electrons. The van der Waals surface area contributed by atoms with E-state index in [2.05, 4.69) is 12.2 Å². The number of carboxylic acids is 1. The molecule has 0 saturated heterocycles. The minimum atomic E-state index is -0.927. The molecule has 0 aromatic carbocycles. The third-order valence-corrected chi connectivity index (χ3v) is 3.67. The first-order chi connectivity index (χ1) is 8.18. The van der Waals surface area contributed by atoms with Crippen LogP contribution >= 0.6 is 0 Å². The molecule has 4 heteroatoms. The van der Waals surface area contributed by atoms with Gasteiger partial charge in [-0.3, -0.25) is 0 Å². The Bertz CT molecular complexity index is 380. The van der Waals surface area contributed by atoms with Crippen molar-refractivity contribution in [3.63, 3.8) is 0 Å². The molecule has 2 rings (SSSR count). The standard InChI is InChI=1S/C13H19NO3/c1-9(10-4-2-3-5-10)14-8-12-11(13(15)16)6-7-17-12/h6-7,9-10,14H,2-5,8H2,1H3,(H,15,16)/t9-/m1/s1. The van der Waals surface area contributed by atoms with Gasteiger partial charge in [-0.15, -0.1) is 0 Å².